The number of furan rings is 1. The number of benzene rings is 2. The molecule has 0 saturated carbocycles. The molecular formula is C19H17NO6. The van der Waals surface area contributed by atoms with Gasteiger partial charge in [-0.05, 0) is 17.7 Å². The zero-order valence-corrected chi connectivity index (χ0v) is 14.2. The Morgan fingerprint density at radius 2 is 1.88 bits per heavy atom. The zero-order chi connectivity index (χ0) is 18.7. The van der Waals surface area contributed by atoms with E-state index in [0.29, 0.717) is 5.56 Å². The van der Waals surface area contributed by atoms with Crippen LogP contribution in [0.25, 0.3) is 22.1 Å². The molecule has 0 unspecified atom stereocenters. The van der Waals surface area contributed by atoms with Gasteiger partial charge in [-0.2, -0.15) is 0 Å². The van der Waals surface area contributed by atoms with Crippen molar-refractivity contribution in [3.05, 3.63) is 42.5 Å². The zero-order valence-electron chi connectivity index (χ0n) is 14.2. The number of amides is 1. The third-order valence-electron chi connectivity index (χ3n) is 3.61. The molecule has 2 aromatic carbocycles. The summed E-state index contributed by atoms with van der Waals surface area (Å²) in [5.74, 6) is -1.46. The summed E-state index contributed by atoms with van der Waals surface area (Å²) in [4.78, 5) is 23.1. The van der Waals surface area contributed by atoms with Gasteiger partial charge in [0.25, 0.3) is 5.88 Å². The van der Waals surface area contributed by atoms with Crippen LogP contribution in [0.3, 0.4) is 0 Å². The molecule has 0 atom stereocenters. The standard InChI is InChI=1S/C19H17NO6/c1-3-24-19(23)20-18-17(25-11(2)21)15(22)16(26-18)14-10-6-8-12-7-4-5-9-13(12)14/h4-10,22H,3H2,1-2H3,(H,20,23). The van der Waals surface area contributed by atoms with Crippen molar-refractivity contribution in [3.63, 3.8) is 0 Å². The number of rotatable bonds is 4. The summed E-state index contributed by atoms with van der Waals surface area (Å²) < 4.78 is 15.4. The summed E-state index contributed by atoms with van der Waals surface area (Å²) >= 11 is 0. The second-order valence-electron chi connectivity index (χ2n) is 5.40. The van der Waals surface area contributed by atoms with E-state index in [1.165, 1.54) is 6.92 Å². The minimum Gasteiger partial charge on any atom is -0.502 e. The van der Waals surface area contributed by atoms with Crippen LogP contribution >= 0.6 is 0 Å². The number of carbonyl (C=O) groups is 2. The summed E-state index contributed by atoms with van der Waals surface area (Å²) in [7, 11) is 0. The number of nitrogens with one attached hydrogen (secondary N) is 1. The lowest BCUT2D eigenvalue weighted by Crippen LogP contribution is -2.14. The lowest BCUT2D eigenvalue weighted by Gasteiger charge is -2.04. The normalized spacial score (nSPS) is 10.5. The average molecular weight is 355 g/mol. The lowest BCUT2D eigenvalue weighted by atomic mass is 10.0. The van der Waals surface area contributed by atoms with E-state index in [1.54, 1.807) is 13.0 Å². The van der Waals surface area contributed by atoms with Crippen molar-refractivity contribution in [2.75, 3.05) is 11.9 Å². The molecule has 0 saturated heterocycles. The van der Waals surface area contributed by atoms with Crippen LogP contribution < -0.4 is 10.1 Å². The molecule has 0 radical (unpaired) electrons. The maximum Gasteiger partial charge on any atom is 0.414 e. The van der Waals surface area contributed by atoms with Gasteiger partial charge in [0, 0.05) is 12.5 Å². The van der Waals surface area contributed by atoms with Gasteiger partial charge in [-0.3, -0.25) is 10.1 Å². The average Bonchev–Trinajstić information content (AvgIpc) is 2.90. The van der Waals surface area contributed by atoms with Crippen LogP contribution in [0, 0.1) is 0 Å². The molecule has 1 aromatic heterocycles. The predicted molar refractivity (Wildman–Crippen MR) is 95.3 cm³/mol. The molecule has 1 heterocycles. The van der Waals surface area contributed by atoms with Gasteiger partial charge in [0.1, 0.15) is 0 Å². The van der Waals surface area contributed by atoms with Gasteiger partial charge >= 0.3 is 12.1 Å². The third kappa shape index (κ3) is 3.32. The number of hydrogen-bond donors (Lipinski definition) is 2. The highest BCUT2D eigenvalue weighted by Crippen LogP contribution is 2.47. The van der Waals surface area contributed by atoms with E-state index in [9.17, 15) is 14.7 Å². The summed E-state index contributed by atoms with van der Waals surface area (Å²) in [6, 6.07) is 13.0. The van der Waals surface area contributed by atoms with Crippen LogP contribution in [0.5, 0.6) is 11.5 Å². The van der Waals surface area contributed by atoms with E-state index in [1.807, 2.05) is 36.4 Å². The fourth-order valence-corrected chi connectivity index (χ4v) is 2.59. The first-order valence-corrected chi connectivity index (χ1v) is 7.97. The van der Waals surface area contributed by atoms with Crippen LogP contribution in [0.2, 0.25) is 0 Å². The van der Waals surface area contributed by atoms with Crippen molar-refractivity contribution in [2.45, 2.75) is 13.8 Å². The molecule has 0 fully saturated rings. The molecule has 134 valence electrons. The van der Waals surface area contributed by atoms with Crippen LogP contribution in [-0.4, -0.2) is 23.8 Å². The lowest BCUT2D eigenvalue weighted by molar-refractivity contribution is -0.132. The number of aromatic hydroxyl groups is 1. The molecule has 0 aliphatic heterocycles. The molecule has 3 rings (SSSR count). The van der Waals surface area contributed by atoms with Crippen LogP contribution in [0.4, 0.5) is 10.7 Å². The fourth-order valence-electron chi connectivity index (χ4n) is 2.59. The van der Waals surface area contributed by atoms with Crippen LogP contribution in [-0.2, 0) is 9.53 Å². The van der Waals surface area contributed by atoms with Crippen molar-refractivity contribution in [1.29, 1.82) is 0 Å². The first-order chi connectivity index (χ1) is 12.5. The van der Waals surface area contributed by atoms with Gasteiger partial charge < -0.3 is 19.0 Å². The van der Waals surface area contributed by atoms with Gasteiger partial charge in [-0.1, -0.05) is 42.5 Å². The van der Waals surface area contributed by atoms with E-state index in [2.05, 4.69) is 5.32 Å². The summed E-state index contributed by atoms with van der Waals surface area (Å²) in [5, 5.41) is 14.7. The quantitative estimate of drug-likeness (QED) is 0.677. The molecule has 0 spiro atoms. The second-order valence-corrected chi connectivity index (χ2v) is 5.40. The van der Waals surface area contributed by atoms with Crippen LogP contribution in [0.15, 0.2) is 46.9 Å². The predicted octanol–water partition coefficient (Wildman–Crippen LogP) is 4.30. The molecule has 0 bridgehead atoms. The van der Waals surface area contributed by atoms with Gasteiger partial charge in [0.05, 0.1) is 6.61 Å². The number of fused-ring (bicyclic) bond motifs is 1. The maximum atomic E-state index is 11.7. The molecule has 3 aromatic rings. The van der Waals surface area contributed by atoms with Crippen LogP contribution in [0.1, 0.15) is 13.8 Å². The molecule has 7 heteroatoms. The first-order valence-electron chi connectivity index (χ1n) is 7.97. The smallest absolute Gasteiger partial charge is 0.414 e. The molecule has 7 nitrogen and oxygen atoms in total. The fraction of sp³-hybridized carbons (Fsp3) is 0.158. The Morgan fingerprint density at radius 3 is 2.62 bits per heavy atom. The topological polar surface area (TPSA) is 98.0 Å². The Balaban J connectivity index is 2.14. The Labute approximate surface area is 149 Å². The highest BCUT2D eigenvalue weighted by atomic mass is 16.6. The molecule has 2 N–H and O–H groups in total. The van der Waals surface area contributed by atoms with Gasteiger partial charge in [0.2, 0.25) is 11.5 Å². The van der Waals surface area contributed by atoms with E-state index in [0.717, 1.165) is 10.8 Å². The van der Waals surface area contributed by atoms with E-state index in [4.69, 9.17) is 13.9 Å². The van der Waals surface area contributed by atoms with Gasteiger partial charge in [-0.15, -0.1) is 0 Å². The highest BCUT2D eigenvalue weighted by molar-refractivity contribution is 5.98. The molecule has 0 aliphatic rings. The summed E-state index contributed by atoms with van der Waals surface area (Å²) in [6.07, 6.45) is -0.792. The number of anilines is 1. The first kappa shape index (κ1) is 17.3. The van der Waals surface area contributed by atoms with E-state index < -0.39 is 12.1 Å². The van der Waals surface area contributed by atoms with E-state index >= 15 is 0 Å². The largest absolute Gasteiger partial charge is 0.502 e. The SMILES string of the molecule is CCOC(=O)Nc1oc(-c2cccc3ccccc23)c(O)c1OC(C)=O. The maximum absolute atomic E-state index is 11.7. The Bertz CT molecular complexity index is 970. The number of hydrogen-bond acceptors (Lipinski definition) is 6. The monoisotopic (exact) mass is 355 g/mol. The van der Waals surface area contributed by atoms with Crippen molar-refractivity contribution in [3.8, 4) is 22.8 Å². The van der Waals surface area contributed by atoms with Crippen molar-refractivity contribution in [2.24, 2.45) is 0 Å². The second kappa shape index (κ2) is 7.18. The molecule has 26 heavy (non-hydrogen) atoms. The Kier molecular flexibility index (Phi) is 4.79. The Morgan fingerprint density at radius 1 is 1.15 bits per heavy atom. The molecule has 1 amide bonds. The minimum atomic E-state index is -0.792. The number of carbonyl (C=O) groups excluding carboxylic acids is 2. The summed E-state index contributed by atoms with van der Waals surface area (Å²) in [6.45, 7) is 2.98. The van der Waals surface area contributed by atoms with Crippen molar-refractivity contribution in [1.82, 2.24) is 0 Å². The van der Waals surface area contributed by atoms with Gasteiger partial charge in [-0.25, -0.2) is 4.79 Å². The number of esters is 1. The van der Waals surface area contributed by atoms with Crippen molar-refractivity contribution >= 4 is 28.7 Å². The third-order valence-corrected chi connectivity index (χ3v) is 3.61. The molecular weight excluding hydrogens is 338 g/mol. The van der Waals surface area contributed by atoms with Crippen molar-refractivity contribution < 1.29 is 28.6 Å². The number of ether oxygens (including phenoxy) is 2. The molecule has 0 aliphatic carbocycles. The van der Waals surface area contributed by atoms with Gasteiger partial charge in [0.15, 0.2) is 5.76 Å². The van der Waals surface area contributed by atoms with E-state index in [-0.39, 0.29) is 29.8 Å². The highest BCUT2D eigenvalue weighted by Gasteiger charge is 2.26. The minimum absolute atomic E-state index is 0.0739. The summed E-state index contributed by atoms with van der Waals surface area (Å²) in [5.41, 5.74) is 0.589. The Hall–Kier alpha value is -3.48.